The number of phenolic OH excluding ortho intramolecular Hbond substituents is 2. The van der Waals surface area contributed by atoms with Gasteiger partial charge in [-0.15, -0.1) is 0 Å². The zero-order chi connectivity index (χ0) is 25.4. The standard InChI is InChI=1S/C23H24O12/c1-9(25)32-22-19(30)17(28)15(8-24)35-23(22)33-12-6-13(27)16-14(7-12)34-21(20(31)18(16)29)10-2-4-11(26)5-3-10/h2-7,15,17,19-24,26-28,30-31H,8H2,1H3. The number of esters is 1. The highest BCUT2D eigenvalue weighted by atomic mass is 16.7. The van der Waals surface area contributed by atoms with Crippen molar-refractivity contribution in [3.63, 3.8) is 0 Å². The normalized spacial score (nSPS) is 30.2. The summed E-state index contributed by atoms with van der Waals surface area (Å²) in [5.74, 6) is -2.47. The minimum atomic E-state index is -1.66. The largest absolute Gasteiger partial charge is 0.508 e. The number of carbonyl (C=O) groups is 2. The molecular formula is C23H24O12. The molecule has 4 rings (SSSR count). The van der Waals surface area contributed by atoms with E-state index < -0.39 is 67.0 Å². The smallest absolute Gasteiger partial charge is 0.303 e. The molecule has 0 radical (unpaired) electrons. The number of carbonyl (C=O) groups excluding carboxylic acids is 2. The first-order valence-electron chi connectivity index (χ1n) is 10.6. The van der Waals surface area contributed by atoms with Crippen molar-refractivity contribution in [3.05, 3.63) is 47.5 Å². The minimum Gasteiger partial charge on any atom is -0.508 e. The number of rotatable bonds is 5. The van der Waals surface area contributed by atoms with Gasteiger partial charge in [0, 0.05) is 19.1 Å². The number of ketones is 1. The molecule has 2 aromatic rings. The first-order chi connectivity index (χ1) is 16.6. The summed E-state index contributed by atoms with van der Waals surface area (Å²) in [6, 6.07) is 7.90. The average Bonchev–Trinajstić information content (AvgIpc) is 2.81. The summed E-state index contributed by atoms with van der Waals surface area (Å²) in [7, 11) is 0. The third-order valence-electron chi connectivity index (χ3n) is 5.71. The van der Waals surface area contributed by atoms with Gasteiger partial charge in [-0.3, -0.25) is 9.59 Å². The molecule has 0 aromatic heterocycles. The summed E-state index contributed by atoms with van der Waals surface area (Å²) in [5.41, 5.74) is 0.0956. The number of hydrogen-bond acceptors (Lipinski definition) is 12. The van der Waals surface area contributed by atoms with Gasteiger partial charge in [0.25, 0.3) is 0 Å². The van der Waals surface area contributed by atoms with E-state index in [-0.39, 0.29) is 22.8 Å². The van der Waals surface area contributed by atoms with Crippen LogP contribution in [0.2, 0.25) is 0 Å². The van der Waals surface area contributed by atoms with Crippen molar-refractivity contribution in [1.29, 1.82) is 0 Å². The molecule has 7 unspecified atom stereocenters. The predicted octanol–water partition coefficient (Wildman–Crippen LogP) is -0.475. The van der Waals surface area contributed by atoms with E-state index in [4.69, 9.17) is 18.9 Å². The number of aromatic hydroxyl groups is 2. The second-order valence-corrected chi connectivity index (χ2v) is 8.15. The van der Waals surface area contributed by atoms with E-state index in [0.717, 1.165) is 13.0 Å². The Morgan fingerprint density at radius 2 is 1.74 bits per heavy atom. The zero-order valence-corrected chi connectivity index (χ0v) is 18.3. The van der Waals surface area contributed by atoms with Crippen molar-refractivity contribution in [1.82, 2.24) is 0 Å². The first kappa shape index (κ1) is 24.7. The van der Waals surface area contributed by atoms with E-state index in [1.165, 1.54) is 30.3 Å². The van der Waals surface area contributed by atoms with Crippen LogP contribution in [0.3, 0.4) is 0 Å². The Hall–Kier alpha value is -3.42. The number of benzene rings is 2. The van der Waals surface area contributed by atoms with Gasteiger partial charge in [-0.2, -0.15) is 0 Å². The maximum atomic E-state index is 12.8. The van der Waals surface area contributed by atoms with Crippen LogP contribution in [0.15, 0.2) is 36.4 Å². The fourth-order valence-electron chi connectivity index (χ4n) is 3.99. The maximum absolute atomic E-state index is 12.8. The highest BCUT2D eigenvalue weighted by Crippen LogP contribution is 2.43. The van der Waals surface area contributed by atoms with Gasteiger partial charge >= 0.3 is 5.97 Å². The second kappa shape index (κ2) is 9.68. The van der Waals surface area contributed by atoms with Crippen LogP contribution in [-0.2, 0) is 14.3 Å². The molecule has 6 N–H and O–H groups in total. The van der Waals surface area contributed by atoms with Crippen LogP contribution >= 0.6 is 0 Å². The summed E-state index contributed by atoms with van der Waals surface area (Å²) in [5, 5.41) is 60.3. The van der Waals surface area contributed by atoms with Gasteiger partial charge in [0.05, 0.1) is 6.61 Å². The molecule has 0 saturated carbocycles. The van der Waals surface area contributed by atoms with E-state index in [0.29, 0.717) is 5.56 Å². The fourth-order valence-corrected chi connectivity index (χ4v) is 3.99. The molecule has 2 aliphatic rings. The number of hydrogen-bond donors (Lipinski definition) is 6. The fraction of sp³-hybridized carbons (Fsp3) is 0.391. The van der Waals surface area contributed by atoms with Gasteiger partial charge in [0.1, 0.15) is 46.9 Å². The van der Waals surface area contributed by atoms with Gasteiger partial charge in [0.2, 0.25) is 12.1 Å². The van der Waals surface area contributed by atoms with E-state index in [9.17, 15) is 40.2 Å². The van der Waals surface area contributed by atoms with Crippen LogP contribution in [0.1, 0.15) is 28.9 Å². The number of aliphatic hydroxyl groups excluding tert-OH is 4. The number of aliphatic hydroxyl groups is 4. The number of phenols is 2. The lowest BCUT2D eigenvalue weighted by Gasteiger charge is -2.41. The van der Waals surface area contributed by atoms with Crippen LogP contribution in [0.5, 0.6) is 23.0 Å². The molecule has 35 heavy (non-hydrogen) atoms. The molecule has 2 aliphatic heterocycles. The molecule has 0 amide bonds. The third-order valence-corrected chi connectivity index (χ3v) is 5.71. The summed E-state index contributed by atoms with van der Waals surface area (Å²) in [6.07, 6.45) is -10.3. The molecule has 2 aromatic carbocycles. The highest BCUT2D eigenvalue weighted by molar-refractivity contribution is 6.05. The van der Waals surface area contributed by atoms with Crippen molar-refractivity contribution >= 4 is 11.8 Å². The molecule has 12 heteroatoms. The molecule has 1 saturated heterocycles. The molecule has 0 spiro atoms. The molecule has 1 fully saturated rings. The van der Waals surface area contributed by atoms with Crippen LogP contribution in [0.25, 0.3) is 0 Å². The summed E-state index contributed by atoms with van der Waals surface area (Å²) in [4.78, 5) is 24.3. The van der Waals surface area contributed by atoms with Crippen molar-refractivity contribution in [2.75, 3.05) is 6.61 Å². The number of Topliss-reactive ketones (excluding diaryl/α,β-unsaturated/α-hetero) is 1. The topological polar surface area (TPSA) is 192 Å². The van der Waals surface area contributed by atoms with Gasteiger partial charge in [-0.1, -0.05) is 12.1 Å². The Kier molecular flexibility index (Phi) is 6.83. The average molecular weight is 492 g/mol. The van der Waals surface area contributed by atoms with Crippen LogP contribution < -0.4 is 9.47 Å². The van der Waals surface area contributed by atoms with Gasteiger partial charge < -0.3 is 49.6 Å². The molecule has 0 aliphatic carbocycles. The molecule has 2 heterocycles. The Labute approximate surface area is 198 Å². The summed E-state index contributed by atoms with van der Waals surface area (Å²) >= 11 is 0. The first-order valence-corrected chi connectivity index (χ1v) is 10.6. The lowest BCUT2D eigenvalue weighted by molar-refractivity contribution is -0.281. The summed E-state index contributed by atoms with van der Waals surface area (Å²) < 4.78 is 21.9. The number of fused-ring (bicyclic) bond motifs is 1. The Morgan fingerprint density at radius 3 is 2.37 bits per heavy atom. The SMILES string of the molecule is CC(=O)OC1C(Oc2cc(O)c3c(c2)OC(c2ccc(O)cc2)C(O)C3=O)OC(CO)C(O)C1O. The Balaban J connectivity index is 1.65. The van der Waals surface area contributed by atoms with Gasteiger partial charge in [-0.05, 0) is 17.7 Å². The van der Waals surface area contributed by atoms with Gasteiger partial charge in [-0.25, -0.2) is 0 Å². The second-order valence-electron chi connectivity index (χ2n) is 8.15. The lowest BCUT2D eigenvalue weighted by Crippen LogP contribution is -2.61. The quantitative estimate of drug-likeness (QED) is 0.294. The predicted molar refractivity (Wildman–Crippen MR) is 114 cm³/mol. The third kappa shape index (κ3) is 4.74. The Bertz CT molecular complexity index is 1100. The molecule has 0 bridgehead atoms. The highest BCUT2D eigenvalue weighted by Gasteiger charge is 2.48. The van der Waals surface area contributed by atoms with Crippen LogP contribution in [0, 0.1) is 0 Å². The van der Waals surface area contributed by atoms with Crippen LogP contribution in [-0.4, -0.2) is 85.8 Å². The van der Waals surface area contributed by atoms with Crippen LogP contribution in [0.4, 0.5) is 0 Å². The van der Waals surface area contributed by atoms with E-state index in [2.05, 4.69) is 0 Å². The Morgan fingerprint density at radius 1 is 1.06 bits per heavy atom. The molecular weight excluding hydrogens is 468 g/mol. The van der Waals surface area contributed by atoms with E-state index in [1.54, 1.807) is 0 Å². The molecule has 7 atom stereocenters. The monoisotopic (exact) mass is 492 g/mol. The van der Waals surface area contributed by atoms with Crippen molar-refractivity contribution in [2.24, 2.45) is 0 Å². The van der Waals surface area contributed by atoms with E-state index in [1.807, 2.05) is 0 Å². The maximum Gasteiger partial charge on any atom is 0.303 e. The zero-order valence-electron chi connectivity index (χ0n) is 18.3. The van der Waals surface area contributed by atoms with Gasteiger partial charge in [0.15, 0.2) is 18.3 Å². The molecule has 12 nitrogen and oxygen atoms in total. The molecule has 188 valence electrons. The minimum absolute atomic E-state index is 0.0255. The summed E-state index contributed by atoms with van der Waals surface area (Å²) in [6.45, 7) is 0.400. The number of ether oxygens (including phenoxy) is 4. The van der Waals surface area contributed by atoms with Crippen molar-refractivity contribution < 1.29 is 59.2 Å². The van der Waals surface area contributed by atoms with Crippen molar-refractivity contribution in [3.8, 4) is 23.0 Å². The van der Waals surface area contributed by atoms with E-state index >= 15 is 0 Å². The lowest BCUT2D eigenvalue weighted by atomic mass is 9.93. The van der Waals surface area contributed by atoms with Crippen molar-refractivity contribution in [2.45, 2.75) is 49.8 Å².